The lowest BCUT2D eigenvalue weighted by atomic mass is 10.0. The third-order valence-electron chi connectivity index (χ3n) is 2.21. The first-order valence-corrected chi connectivity index (χ1v) is 5.18. The van der Waals surface area contributed by atoms with Crippen LogP contribution in [-0.2, 0) is 0 Å². The minimum absolute atomic E-state index is 0.0226. The lowest BCUT2D eigenvalue weighted by Gasteiger charge is -2.18. The van der Waals surface area contributed by atoms with E-state index >= 15 is 0 Å². The molecule has 1 aromatic carbocycles. The van der Waals surface area contributed by atoms with E-state index in [-0.39, 0.29) is 18.4 Å². The normalized spacial score (nSPS) is 14.8. The van der Waals surface area contributed by atoms with Gasteiger partial charge in [0.25, 0.3) is 0 Å². The van der Waals surface area contributed by atoms with Gasteiger partial charge in [-0.3, -0.25) is 0 Å². The second-order valence-corrected chi connectivity index (χ2v) is 3.75. The van der Waals surface area contributed by atoms with Crippen LogP contribution in [0.25, 0.3) is 0 Å². The Balaban J connectivity index is 3.20. The van der Waals surface area contributed by atoms with E-state index in [1.165, 1.54) is 0 Å². The molecule has 0 bridgehead atoms. The molecule has 0 amide bonds. The van der Waals surface area contributed by atoms with E-state index < -0.39 is 41.0 Å². The third kappa shape index (κ3) is 2.88. The number of hydrogen-bond acceptors (Lipinski definition) is 2. The molecule has 0 heterocycles. The van der Waals surface area contributed by atoms with Gasteiger partial charge >= 0.3 is 0 Å². The maximum Gasteiger partial charge on any atom is 0.167 e. The summed E-state index contributed by atoms with van der Waals surface area (Å²) in [6, 6.07) is 0.0226. The summed E-state index contributed by atoms with van der Waals surface area (Å²) < 4.78 is 52.1. The molecule has 0 aromatic heterocycles. The van der Waals surface area contributed by atoms with Crippen molar-refractivity contribution in [2.75, 3.05) is 5.88 Å². The molecule has 96 valence electrons. The molecule has 0 spiro atoms. The van der Waals surface area contributed by atoms with Gasteiger partial charge in [0.05, 0.1) is 11.7 Å². The first kappa shape index (κ1) is 14.2. The molecule has 0 aliphatic heterocycles. The van der Waals surface area contributed by atoms with Gasteiger partial charge in [-0.25, -0.2) is 17.6 Å². The Morgan fingerprint density at radius 1 is 1.06 bits per heavy atom. The van der Waals surface area contributed by atoms with E-state index in [9.17, 15) is 27.8 Å². The predicted octanol–water partition coefficient (Wildman–Crippen LogP) is 2.27. The van der Waals surface area contributed by atoms with Crippen LogP contribution < -0.4 is 0 Å². The Morgan fingerprint density at radius 2 is 1.53 bits per heavy atom. The van der Waals surface area contributed by atoms with Crippen LogP contribution in [0.5, 0.6) is 0 Å². The number of halogens is 5. The summed E-state index contributed by atoms with van der Waals surface area (Å²) in [6.07, 6.45) is -3.88. The molecule has 2 nitrogen and oxygen atoms in total. The van der Waals surface area contributed by atoms with Crippen molar-refractivity contribution in [3.8, 4) is 0 Å². The highest BCUT2D eigenvalue weighted by Gasteiger charge is 2.29. The van der Waals surface area contributed by atoms with Crippen LogP contribution in [-0.4, -0.2) is 22.2 Å². The highest BCUT2D eigenvalue weighted by atomic mass is 35.5. The van der Waals surface area contributed by atoms with Crippen LogP contribution in [0.3, 0.4) is 0 Å². The van der Waals surface area contributed by atoms with Crippen LogP contribution in [0.4, 0.5) is 17.6 Å². The monoisotopic (exact) mass is 272 g/mol. The zero-order valence-corrected chi connectivity index (χ0v) is 9.19. The molecule has 0 aliphatic carbocycles. The highest BCUT2D eigenvalue weighted by molar-refractivity contribution is 6.17. The molecule has 0 radical (unpaired) electrons. The minimum Gasteiger partial charge on any atom is -0.390 e. The number of benzene rings is 1. The van der Waals surface area contributed by atoms with Crippen molar-refractivity contribution in [3.05, 3.63) is 34.9 Å². The third-order valence-corrected chi connectivity index (χ3v) is 2.43. The molecule has 17 heavy (non-hydrogen) atoms. The largest absolute Gasteiger partial charge is 0.390 e. The average molecular weight is 273 g/mol. The smallest absolute Gasteiger partial charge is 0.167 e. The fourth-order valence-electron chi connectivity index (χ4n) is 1.31. The standard InChI is InChI=1S/C10H9ClF4O2/c11-2-1-6(16)10(17)7-8(14)4(12)3-5(13)9(7)15/h3,6,10,16-17H,1-2H2. The molecule has 7 heteroatoms. The molecular weight excluding hydrogens is 264 g/mol. The lowest BCUT2D eigenvalue weighted by molar-refractivity contribution is 0.0118. The Kier molecular flexibility index (Phi) is 4.73. The van der Waals surface area contributed by atoms with E-state index in [0.717, 1.165) is 0 Å². The first-order valence-electron chi connectivity index (χ1n) is 4.65. The number of alkyl halides is 1. The van der Waals surface area contributed by atoms with Gasteiger partial charge in [0, 0.05) is 11.9 Å². The Morgan fingerprint density at radius 3 is 1.94 bits per heavy atom. The van der Waals surface area contributed by atoms with Crippen LogP contribution in [0.1, 0.15) is 18.1 Å². The SMILES string of the molecule is OC(CCCl)C(O)c1c(F)c(F)cc(F)c1F. The molecular formula is C10H9ClF4O2. The molecule has 0 saturated heterocycles. The number of rotatable bonds is 4. The number of aliphatic hydroxyl groups excluding tert-OH is 2. The molecule has 0 saturated carbocycles. The van der Waals surface area contributed by atoms with Gasteiger partial charge in [-0.15, -0.1) is 11.6 Å². The Labute approximate surface area is 99.4 Å². The van der Waals surface area contributed by atoms with Crippen molar-refractivity contribution in [2.45, 2.75) is 18.6 Å². The van der Waals surface area contributed by atoms with Crippen molar-refractivity contribution in [3.63, 3.8) is 0 Å². The summed E-state index contributed by atoms with van der Waals surface area (Å²) in [6.45, 7) is 0. The summed E-state index contributed by atoms with van der Waals surface area (Å²) >= 11 is 5.26. The molecule has 1 aromatic rings. The van der Waals surface area contributed by atoms with Gasteiger partial charge in [0.15, 0.2) is 23.3 Å². The summed E-state index contributed by atoms with van der Waals surface area (Å²) in [5, 5.41) is 18.7. The molecule has 2 N–H and O–H groups in total. The van der Waals surface area contributed by atoms with Gasteiger partial charge in [0.2, 0.25) is 0 Å². The van der Waals surface area contributed by atoms with Crippen molar-refractivity contribution < 1.29 is 27.8 Å². The van der Waals surface area contributed by atoms with Gasteiger partial charge in [-0.2, -0.15) is 0 Å². The number of aliphatic hydroxyl groups is 2. The maximum atomic E-state index is 13.2. The molecule has 2 atom stereocenters. The molecule has 2 unspecified atom stereocenters. The van der Waals surface area contributed by atoms with Crippen LogP contribution in [0.2, 0.25) is 0 Å². The Hall–Kier alpha value is -0.850. The van der Waals surface area contributed by atoms with Crippen LogP contribution >= 0.6 is 11.6 Å². The minimum atomic E-state index is -2.08. The van der Waals surface area contributed by atoms with Gasteiger partial charge in [-0.1, -0.05) is 0 Å². The fraction of sp³-hybridized carbons (Fsp3) is 0.400. The van der Waals surface area contributed by atoms with E-state index in [2.05, 4.69) is 0 Å². The van der Waals surface area contributed by atoms with Crippen molar-refractivity contribution in [1.82, 2.24) is 0 Å². The lowest BCUT2D eigenvalue weighted by Crippen LogP contribution is -2.22. The summed E-state index contributed by atoms with van der Waals surface area (Å²) in [5.41, 5.74) is -1.24. The summed E-state index contributed by atoms with van der Waals surface area (Å²) in [4.78, 5) is 0. The van der Waals surface area contributed by atoms with E-state index in [0.29, 0.717) is 0 Å². The van der Waals surface area contributed by atoms with Gasteiger partial charge < -0.3 is 10.2 Å². The predicted molar refractivity (Wildman–Crippen MR) is 52.6 cm³/mol. The van der Waals surface area contributed by atoms with Crippen molar-refractivity contribution >= 4 is 11.6 Å². The summed E-state index contributed by atoms with van der Waals surface area (Å²) in [5.74, 6) is -6.83. The van der Waals surface area contributed by atoms with Crippen LogP contribution in [0, 0.1) is 23.3 Å². The first-order chi connectivity index (χ1) is 7.90. The van der Waals surface area contributed by atoms with Crippen molar-refractivity contribution in [1.29, 1.82) is 0 Å². The topological polar surface area (TPSA) is 40.5 Å². The molecule has 0 aliphatic rings. The van der Waals surface area contributed by atoms with Gasteiger partial charge in [0.1, 0.15) is 6.10 Å². The Bertz CT molecular complexity index is 388. The molecule has 1 rings (SSSR count). The van der Waals surface area contributed by atoms with Crippen molar-refractivity contribution in [2.24, 2.45) is 0 Å². The average Bonchev–Trinajstić information content (AvgIpc) is 2.27. The summed E-state index contributed by atoms with van der Waals surface area (Å²) in [7, 11) is 0. The second-order valence-electron chi connectivity index (χ2n) is 3.37. The fourth-order valence-corrected chi connectivity index (χ4v) is 1.54. The number of hydrogen-bond donors (Lipinski definition) is 2. The second kappa shape index (κ2) is 5.66. The van der Waals surface area contributed by atoms with E-state index in [1.807, 2.05) is 0 Å². The van der Waals surface area contributed by atoms with E-state index in [4.69, 9.17) is 11.6 Å². The quantitative estimate of drug-likeness (QED) is 0.501. The zero-order chi connectivity index (χ0) is 13.2. The highest BCUT2D eigenvalue weighted by Crippen LogP contribution is 2.28. The van der Waals surface area contributed by atoms with Crippen LogP contribution in [0.15, 0.2) is 6.07 Å². The van der Waals surface area contributed by atoms with E-state index in [1.54, 1.807) is 0 Å². The van der Waals surface area contributed by atoms with Gasteiger partial charge in [-0.05, 0) is 6.42 Å². The maximum absolute atomic E-state index is 13.2. The molecule has 0 fully saturated rings. The zero-order valence-electron chi connectivity index (χ0n) is 8.43.